The molecule has 1 heterocycles. The number of benzene rings is 1. The van der Waals surface area contributed by atoms with E-state index in [4.69, 9.17) is 9.52 Å². The molecule has 0 bridgehead atoms. The molecule has 1 aliphatic carbocycles. The monoisotopic (exact) mass is 254 g/mol. The number of para-hydroxylation sites is 1. The van der Waals surface area contributed by atoms with Crippen LogP contribution < -0.4 is 0 Å². The summed E-state index contributed by atoms with van der Waals surface area (Å²) in [5.74, 6) is 0.998. The standard InChI is InChI=1S/C17H18O2/c18-10-9-13-5-1-2-6-14(13)11-16-12-15-7-3-4-8-17(15)19-16/h3-8,12,18H,1-2,9-11H2. The molecule has 0 aliphatic heterocycles. The first kappa shape index (κ1) is 12.2. The summed E-state index contributed by atoms with van der Waals surface area (Å²) < 4.78 is 5.87. The highest BCUT2D eigenvalue weighted by Gasteiger charge is 2.12. The summed E-state index contributed by atoms with van der Waals surface area (Å²) in [4.78, 5) is 0. The number of aliphatic hydroxyl groups excluding tert-OH is 1. The summed E-state index contributed by atoms with van der Waals surface area (Å²) in [6.07, 6.45) is 8.25. The molecule has 1 N–H and O–H groups in total. The molecule has 0 spiro atoms. The van der Waals surface area contributed by atoms with Crippen LogP contribution >= 0.6 is 0 Å². The van der Waals surface area contributed by atoms with E-state index in [0.717, 1.165) is 42.4 Å². The minimum Gasteiger partial charge on any atom is -0.461 e. The van der Waals surface area contributed by atoms with E-state index in [-0.39, 0.29) is 6.61 Å². The van der Waals surface area contributed by atoms with Crippen molar-refractivity contribution in [3.8, 4) is 0 Å². The van der Waals surface area contributed by atoms with Crippen molar-refractivity contribution in [2.24, 2.45) is 0 Å². The lowest BCUT2D eigenvalue weighted by Gasteiger charge is -2.14. The predicted molar refractivity (Wildman–Crippen MR) is 77.0 cm³/mol. The van der Waals surface area contributed by atoms with Crippen molar-refractivity contribution in [3.05, 3.63) is 59.4 Å². The van der Waals surface area contributed by atoms with Crippen LogP contribution in [0.4, 0.5) is 0 Å². The van der Waals surface area contributed by atoms with Crippen LogP contribution in [0.3, 0.4) is 0 Å². The SMILES string of the molecule is OCCC1=CCCC=C1Cc1cc2ccccc2o1. The summed E-state index contributed by atoms with van der Waals surface area (Å²) in [7, 11) is 0. The van der Waals surface area contributed by atoms with Gasteiger partial charge in [-0.3, -0.25) is 0 Å². The molecule has 1 aromatic heterocycles. The van der Waals surface area contributed by atoms with Crippen LogP contribution in [-0.2, 0) is 6.42 Å². The van der Waals surface area contributed by atoms with Crippen molar-refractivity contribution in [2.75, 3.05) is 6.61 Å². The van der Waals surface area contributed by atoms with Crippen molar-refractivity contribution >= 4 is 11.0 Å². The second-order valence-corrected chi connectivity index (χ2v) is 4.94. The van der Waals surface area contributed by atoms with Crippen LogP contribution in [0.1, 0.15) is 25.0 Å². The summed E-state index contributed by atoms with van der Waals surface area (Å²) in [6.45, 7) is 0.212. The topological polar surface area (TPSA) is 33.4 Å². The van der Waals surface area contributed by atoms with E-state index in [9.17, 15) is 0 Å². The Morgan fingerprint density at radius 2 is 1.84 bits per heavy atom. The lowest BCUT2D eigenvalue weighted by Crippen LogP contribution is -2.00. The van der Waals surface area contributed by atoms with Crippen LogP contribution in [0.5, 0.6) is 0 Å². The smallest absolute Gasteiger partial charge is 0.134 e. The fourth-order valence-electron chi connectivity index (χ4n) is 2.66. The van der Waals surface area contributed by atoms with E-state index in [1.54, 1.807) is 0 Å². The molecule has 0 radical (unpaired) electrons. The summed E-state index contributed by atoms with van der Waals surface area (Å²) in [6, 6.07) is 10.2. The molecule has 2 nitrogen and oxygen atoms in total. The van der Waals surface area contributed by atoms with Gasteiger partial charge in [0.2, 0.25) is 0 Å². The zero-order valence-corrected chi connectivity index (χ0v) is 10.9. The molecule has 19 heavy (non-hydrogen) atoms. The highest BCUT2D eigenvalue weighted by atomic mass is 16.3. The Hall–Kier alpha value is -1.80. The molecule has 0 saturated carbocycles. The minimum absolute atomic E-state index is 0.212. The van der Waals surface area contributed by atoms with Crippen molar-refractivity contribution in [1.29, 1.82) is 0 Å². The molecule has 0 amide bonds. The van der Waals surface area contributed by atoms with Gasteiger partial charge in [0.1, 0.15) is 11.3 Å². The normalized spacial score (nSPS) is 15.4. The maximum absolute atomic E-state index is 9.13. The Morgan fingerprint density at radius 1 is 1.05 bits per heavy atom. The van der Waals surface area contributed by atoms with E-state index in [1.807, 2.05) is 18.2 Å². The molecular formula is C17H18O2. The van der Waals surface area contributed by atoms with Crippen molar-refractivity contribution in [1.82, 2.24) is 0 Å². The van der Waals surface area contributed by atoms with Gasteiger partial charge >= 0.3 is 0 Å². The number of furan rings is 1. The van der Waals surface area contributed by atoms with Crippen LogP contribution in [0.15, 0.2) is 58.0 Å². The third kappa shape index (κ3) is 2.64. The largest absolute Gasteiger partial charge is 0.461 e. The van der Waals surface area contributed by atoms with Gasteiger partial charge in [0.25, 0.3) is 0 Å². The summed E-state index contributed by atoms with van der Waals surface area (Å²) in [5, 5.41) is 10.3. The van der Waals surface area contributed by atoms with Crippen LogP contribution in [0, 0.1) is 0 Å². The molecule has 2 heteroatoms. The Kier molecular flexibility index (Phi) is 3.51. The molecule has 98 valence electrons. The van der Waals surface area contributed by atoms with E-state index >= 15 is 0 Å². The van der Waals surface area contributed by atoms with Crippen LogP contribution in [0.25, 0.3) is 11.0 Å². The van der Waals surface area contributed by atoms with Crippen LogP contribution in [-0.4, -0.2) is 11.7 Å². The van der Waals surface area contributed by atoms with Gasteiger partial charge in [0.15, 0.2) is 0 Å². The van der Waals surface area contributed by atoms with E-state index in [2.05, 4.69) is 24.3 Å². The van der Waals surface area contributed by atoms with Gasteiger partial charge < -0.3 is 9.52 Å². The summed E-state index contributed by atoms with van der Waals surface area (Å²) >= 11 is 0. The third-order valence-corrected chi connectivity index (χ3v) is 3.58. The van der Waals surface area contributed by atoms with Crippen molar-refractivity contribution in [2.45, 2.75) is 25.7 Å². The van der Waals surface area contributed by atoms with Crippen molar-refractivity contribution < 1.29 is 9.52 Å². The molecule has 0 saturated heterocycles. The maximum Gasteiger partial charge on any atom is 0.134 e. The van der Waals surface area contributed by atoms with Crippen LogP contribution in [0.2, 0.25) is 0 Å². The van der Waals surface area contributed by atoms with Gasteiger partial charge in [0, 0.05) is 18.4 Å². The molecule has 1 aliphatic rings. The zero-order valence-electron chi connectivity index (χ0n) is 10.9. The minimum atomic E-state index is 0.212. The van der Waals surface area contributed by atoms with E-state index < -0.39 is 0 Å². The molecule has 0 fully saturated rings. The highest BCUT2D eigenvalue weighted by Crippen LogP contribution is 2.27. The first-order valence-electron chi connectivity index (χ1n) is 6.83. The third-order valence-electron chi connectivity index (χ3n) is 3.58. The van der Waals surface area contributed by atoms with Gasteiger partial charge in [-0.05, 0) is 42.5 Å². The lowest BCUT2D eigenvalue weighted by atomic mass is 9.92. The number of hydrogen-bond donors (Lipinski definition) is 1. The number of fused-ring (bicyclic) bond motifs is 1. The van der Waals surface area contributed by atoms with Crippen molar-refractivity contribution in [3.63, 3.8) is 0 Å². The van der Waals surface area contributed by atoms with Gasteiger partial charge in [-0.2, -0.15) is 0 Å². The number of allylic oxidation sites excluding steroid dienone is 3. The Morgan fingerprint density at radius 3 is 2.63 bits per heavy atom. The molecule has 1 aromatic carbocycles. The van der Waals surface area contributed by atoms with Gasteiger partial charge in [-0.25, -0.2) is 0 Å². The van der Waals surface area contributed by atoms with Gasteiger partial charge in [0.05, 0.1) is 0 Å². The molecular weight excluding hydrogens is 236 g/mol. The Labute approximate surface area is 113 Å². The first-order valence-corrected chi connectivity index (χ1v) is 6.83. The lowest BCUT2D eigenvalue weighted by molar-refractivity contribution is 0.299. The second kappa shape index (κ2) is 5.45. The average molecular weight is 254 g/mol. The average Bonchev–Trinajstić information content (AvgIpc) is 2.83. The molecule has 2 aromatic rings. The summed E-state index contributed by atoms with van der Waals surface area (Å²) in [5.41, 5.74) is 3.52. The second-order valence-electron chi connectivity index (χ2n) is 4.94. The predicted octanol–water partition coefficient (Wildman–Crippen LogP) is 4.00. The van der Waals surface area contributed by atoms with Gasteiger partial charge in [-0.1, -0.05) is 30.4 Å². The van der Waals surface area contributed by atoms with Gasteiger partial charge in [-0.15, -0.1) is 0 Å². The van der Waals surface area contributed by atoms with E-state index in [1.165, 1.54) is 11.1 Å². The first-order chi connectivity index (χ1) is 9.36. The maximum atomic E-state index is 9.13. The highest BCUT2D eigenvalue weighted by molar-refractivity contribution is 5.77. The number of aliphatic hydroxyl groups is 1. The molecule has 3 rings (SSSR count). The number of hydrogen-bond acceptors (Lipinski definition) is 2. The molecule has 0 unspecified atom stereocenters. The van der Waals surface area contributed by atoms with E-state index in [0.29, 0.717) is 0 Å². The Balaban J connectivity index is 1.83. The number of rotatable bonds is 4. The fourth-order valence-corrected chi connectivity index (χ4v) is 2.66. The quantitative estimate of drug-likeness (QED) is 0.894. The molecule has 0 atom stereocenters. The Bertz CT molecular complexity index is 599. The zero-order chi connectivity index (χ0) is 13.1. The fraction of sp³-hybridized carbons (Fsp3) is 0.294.